The number of aliphatic hydroxyl groups excluding tert-OH is 1. The van der Waals surface area contributed by atoms with Crippen LogP contribution in [0.5, 0.6) is 0 Å². The van der Waals surface area contributed by atoms with E-state index in [0.29, 0.717) is 65.6 Å². The van der Waals surface area contributed by atoms with Crippen molar-refractivity contribution in [2.45, 2.75) is 45.6 Å². The Kier molecular flexibility index (Phi) is 19.6. The summed E-state index contributed by atoms with van der Waals surface area (Å²) in [4.78, 5) is 0. The molecule has 0 bridgehead atoms. The standard InChI is InChI=1S/C17H36O6/c1-3-5-6-17(4-2)23-16-15-22-14-13-21-12-11-20-10-9-19-8-7-18/h17-18H,3-16H2,1-2H3. The van der Waals surface area contributed by atoms with Crippen molar-refractivity contribution in [1.82, 2.24) is 0 Å². The minimum atomic E-state index is 0.0476. The van der Waals surface area contributed by atoms with Crippen LogP contribution in [0.4, 0.5) is 0 Å². The zero-order valence-corrected chi connectivity index (χ0v) is 15.0. The van der Waals surface area contributed by atoms with E-state index < -0.39 is 0 Å². The second-order valence-corrected chi connectivity index (χ2v) is 5.22. The van der Waals surface area contributed by atoms with Gasteiger partial charge in [0.25, 0.3) is 0 Å². The van der Waals surface area contributed by atoms with Gasteiger partial charge >= 0.3 is 0 Å². The van der Waals surface area contributed by atoms with Crippen LogP contribution in [0.3, 0.4) is 0 Å². The molecular formula is C17H36O6. The maximum absolute atomic E-state index is 8.51. The van der Waals surface area contributed by atoms with Crippen molar-refractivity contribution in [3.05, 3.63) is 0 Å². The molecule has 0 rings (SSSR count). The molecule has 0 spiro atoms. The van der Waals surface area contributed by atoms with Crippen LogP contribution in [0.2, 0.25) is 0 Å². The van der Waals surface area contributed by atoms with Crippen LogP contribution in [0.15, 0.2) is 0 Å². The lowest BCUT2D eigenvalue weighted by Crippen LogP contribution is -2.17. The van der Waals surface area contributed by atoms with E-state index in [1.165, 1.54) is 12.8 Å². The molecule has 0 fully saturated rings. The van der Waals surface area contributed by atoms with Gasteiger partial charge in [-0.2, -0.15) is 0 Å². The van der Waals surface area contributed by atoms with E-state index in [-0.39, 0.29) is 6.61 Å². The van der Waals surface area contributed by atoms with Crippen LogP contribution in [-0.4, -0.2) is 77.3 Å². The van der Waals surface area contributed by atoms with Gasteiger partial charge in [-0.1, -0.05) is 26.7 Å². The Morgan fingerprint density at radius 3 is 1.61 bits per heavy atom. The van der Waals surface area contributed by atoms with Crippen molar-refractivity contribution < 1.29 is 28.8 Å². The summed E-state index contributed by atoms with van der Waals surface area (Å²) in [6.07, 6.45) is 5.01. The smallest absolute Gasteiger partial charge is 0.0704 e. The Balaban J connectivity index is 3.12. The molecule has 1 atom stereocenters. The molecule has 23 heavy (non-hydrogen) atoms. The molecular weight excluding hydrogens is 300 g/mol. The third kappa shape index (κ3) is 17.9. The van der Waals surface area contributed by atoms with Crippen LogP contribution >= 0.6 is 0 Å². The molecule has 6 heteroatoms. The van der Waals surface area contributed by atoms with E-state index in [9.17, 15) is 0 Å². The van der Waals surface area contributed by atoms with Crippen molar-refractivity contribution in [3.8, 4) is 0 Å². The minimum Gasteiger partial charge on any atom is -0.394 e. The van der Waals surface area contributed by atoms with Gasteiger partial charge < -0.3 is 28.8 Å². The second-order valence-electron chi connectivity index (χ2n) is 5.22. The fourth-order valence-corrected chi connectivity index (χ4v) is 1.94. The average Bonchev–Trinajstić information content (AvgIpc) is 2.57. The lowest BCUT2D eigenvalue weighted by Gasteiger charge is -2.15. The first kappa shape index (κ1) is 22.8. The number of aliphatic hydroxyl groups is 1. The molecule has 0 heterocycles. The van der Waals surface area contributed by atoms with Crippen LogP contribution < -0.4 is 0 Å². The normalized spacial score (nSPS) is 12.7. The summed E-state index contributed by atoms with van der Waals surface area (Å²) in [6.45, 7) is 9.30. The maximum atomic E-state index is 8.51. The molecule has 0 saturated carbocycles. The molecule has 0 radical (unpaired) electrons. The first-order valence-corrected chi connectivity index (χ1v) is 8.88. The number of ether oxygens (including phenoxy) is 5. The Hall–Kier alpha value is -0.240. The van der Waals surface area contributed by atoms with E-state index in [1.807, 2.05) is 0 Å². The second kappa shape index (κ2) is 19.8. The van der Waals surface area contributed by atoms with Gasteiger partial charge in [-0.3, -0.25) is 0 Å². The highest BCUT2D eigenvalue weighted by Crippen LogP contribution is 2.08. The molecule has 140 valence electrons. The lowest BCUT2D eigenvalue weighted by molar-refractivity contribution is -0.0259. The third-order valence-corrected chi connectivity index (χ3v) is 3.27. The Morgan fingerprint density at radius 1 is 0.696 bits per heavy atom. The van der Waals surface area contributed by atoms with Crippen molar-refractivity contribution in [2.75, 3.05) is 66.1 Å². The fraction of sp³-hybridized carbons (Fsp3) is 1.00. The summed E-state index contributed by atoms with van der Waals surface area (Å²) in [7, 11) is 0. The van der Waals surface area contributed by atoms with Crippen LogP contribution in [-0.2, 0) is 23.7 Å². The van der Waals surface area contributed by atoms with E-state index in [0.717, 1.165) is 12.8 Å². The summed E-state index contributed by atoms with van der Waals surface area (Å²) in [5.74, 6) is 0. The predicted octanol–water partition coefficient (Wildman–Crippen LogP) is 2.03. The zero-order chi connectivity index (χ0) is 17.0. The van der Waals surface area contributed by atoms with Gasteiger partial charge in [0, 0.05) is 0 Å². The van der Waals surface area contributed by atoms with Crippen LogP contribution in [0.1, 0.15) is 39.5 Å². The molecule has 1 unspecified atom stereocenters. The average molecular weight is 336 g/mol. The SMILES string of the molecule is CCCCC(CC)OCCOCCOCCOCCOCCO. The first-order chi connectivity index (χ1) is 11.3. The van der Waals surface area contributed by atoms with Gasteiger partial charge in [0.2, 0.25) is 0 Å². The Morgan fingerprint density at radius 2 is 1.17 bits per heavy atom. The quantitative estimate of drug-likeness (QED) is 0.364. The van der Waals surface area contributed by atoms with Crippen molar-refractivity contribution >= 4 is 0 Å². The number of unbranched alkanes of at least 4 members (excludes halogenated alkanes) is 1. The molecule has 0 amide bonds. The summed E-state index contributed by atoms with van der Waals surface area (Å²) in [5, 5.41) is 8.51. The highest BCUT2D eigenvalue weighted by molar-refractivity contribution is 4.54. The molecule has 0 aliphatic rings. The fourth-order valence-electron chi connectivity index (χ4n) is 1.94. The molecule has 0 aliphatic carbocycles. The minimum absolute atomic E-state index is 0.0476. The summed E-state index contributed by atoms with van der Waals surface area (Å²) >= 11 is 0. The predicted molar refractivity (Wildman–Crippen MR) is 89.9 cm³/mol. The zero-order valence-electron chi connectivity index (χ0n) is 15.0. The Bertz CT molecular complexity index is 215. The number of hydrogen-bond acceptors (Lipinski definition) is 6. The molecule has 6 nitrogen and oxygen atoms in total. The van der Waals surface area contributed by atoms with Gasteiger partial charge in [0.15, 0.2) is 0 Å². The number of rotatable bonds is 19. The highest BCUT2D eigenvalue weighted by Gasteiger charge is 2.05. The Labute approximate surface area is 141 Å². The number of hydrogen-bond donors (Lipinski definition) is 1. The largest absolute Gasteiger partial charge is 0.394 e. The van der Waals surface area contributed by atoms with E-state index in [4.69, 9.17) is 28.8 Å². The first-order valence-electron chi connectivity index (χ1n) is 8.88. The molecule has 0 aromatic heterocycles. The molecule has 0 aromatic rings. The van der Waals surface area contributed by atoms with Gasteiger partial charge in [0.1, 0.15) is 0 Å². The van der Waals surface area contributed by atoms with Crippen molar-refractivity contribution in [2.24, 2.45) is 0 Å². The molecule has 0 saturated heterocycles. The monoisotopic (exact) mass is 336 g/mol. The molecule has 1 N–H and O–H groups in total. The topological polar surface area (TPSA) is 66.4 Å². The summed E-state index contributed by atoms with van der Waals surface area (Å²) in [5.41, 5.74) is 0. The highest BCUT2D eigenvalue weighted by atomic mass is 16.6. The van der Waals surface area contributed by atoms with E-state index in [2.05, 4.69) is 13.8 Å². The van der Waals surface area contributed by atoms with Crippen molar-refractivity contribution in [3.63, 3.8) is 0 Å². The summed E-state index contributed by atoms with van der Waals surface area (Å²) < 4.78 is 27.0. The van der Waals surface area contributed by atoms with Crippen LogP contribution in [0, 0.1) is 0 Å². The molecule has 0 aromatic carbocycles. The van der Waals surface area contributed by atoms with Crippen molar-refractivity contribution in [1.29, 1.82) is 0 Å². The molecule has 0 aliphatic heterocycles. The van der Waals surface area contributed by atoms with E-state index >= 15 is 0 Å². The van der Waals surface area contributed by atoms with Gasteiger partial charge in [-0.15, -0.1) is 0 Å². The van der Waals surface area contributed by atoms with Gasteiger partial charge in [-0.05, 0) is 12.8 Å². The maximum Gasteiger partial charge on any atom is 0.0704 e. The van der Waals surface area contributed by atoms with Crippen LogP contribution in [0.25, 0.3) is 0 Å². The summed E-state index contributed by atoms with van der Waals surface area (Å²) in [6, 6.07) is 0. The lowest BCUT2D eigenvalue weighted by atomic mass is 10.1. The third-order valence-electron chi connectivity index (χ3n) is 3.27. The van der Waals surface area contributed by atoms with Gasteiger partial charge in [0.05, 0.1) is 72.2 Å². The van der Waals surface area contributed by atoms with E-state index in [1.54, 1.807) is 0 Å². The van der Waals surface area contributed by atoms with Gasteiger partial charge in [-0.25, -0.2) is 0 Å².